The molecule has 1 saturated heterocycles. The van der Waals surface area contributed by atoms with E-state index < -0.39 is 28.3 Å². The van der Waals surface area contributed by atoms with Gasteiger partial charge in [-0.25, -0.2) is 13.2 Å². The Morgan fingerprint density at radius 2 is 2.03 bits per heavy atom. The summed E-state index contributed by atoms with van der Waals surface area (Å²) in [6.07, 6.45) is 1.73. The number of nitrogens with zero attached hydrogens (tertiary/aromatic N) is 4. The molecule has 1 aliphatic rings. The Morgan fingerprint density at radius 1 is 1.25 bits per heavy atom. The van der Waals surface area contributed by atoms with Crippen LogP contribution in [-0.2, 0) is 21.5 Å². The van der Waals surface area contributed by atoms with Crippen LogP contribution in [0.5, 0.6) is 0 Å². The van der Waals surface area contributed by atoms with Gasteiger partial charge in [-0.15, -0.1) is 5.10 Å². The molecule has 1 atom stereocenters. The average molecular weight is 477 g/mol. The fraction of sp³-hybridized carbons (Fsp3) is 0.333. The first-order chi connectivity index (χ1) is 15.3. The first kappa shape index (κ1) is 22.4. The first-order valence-electron chi connectivity index (χ1n) is 10.1. The van der Waals surface area contributed by atoms with E-state index in [1.807, 2.05) is 6.92 Å². The highest BCUT2D eigenvalue weighted by Gasteiger charge is 2.31. The van der Waals surface area contributed by atoms with Gasteiger partial charge in [0.15, 0.2) is 6.73 Å². The van der Waals surface area contributed by atoms with Crippen LogP contribution in [-0.4, -0.2) is 46.8 Å². The third kappa shape index (κ3) is 4.38. The van der Waals surface area contributed by atoms with E-state index in [-0.39, 0.29) is 21.4 Å². The van der Waals surface area contributed by atoms with Crippen molar-refractivity contribution < 1.29 is 17.9 Å². The normalized spacial score (nSPS) is 17.4. The zero-order chi connectivity index (χ0) is 22.9. The number of esters is 1. The molecule has 32 heavy (non-hydrogen) atoms. The van der Waals surface area contributed by atoms with Crippen molar-refractivity contribution >= 4 is 38.5 Å². The summed E-state index contributed by atoms with van der Waals surface area (Å²) in [6.45, 7) is 2.33. The maximum Gasteiger partial charge on any atom is 0.339 e. The number of carbonyl (C=O) groups is 1. The summed E-state index contributed by atoms with van der Waals surface area (Å²) in [5.41, 5.74) is -0.0264. The second-order valence-electron chi connectivity index (χ2n) is 7.73. The van der Waals surface area contributed by atoms with Gasteiger partial charge < -0.3 is 4.74 Å². The van der Waals surface area contributed by atoms with Crippen molar-refractivity contribution in [1.82, 2.24) is 19.3 Å². The van der Waals surface area contributed by atoms with E-state index in [2.05, 4.69) is 10.3 Å². The minimum atomic E-state index is -3.86. The number of benzene rings is 2. The van der Waals surface area contributed by atoms with Gasteiger partial charge in [-0.2, -0.15) is 8.99 Å². The second kappa shape index (κ2) is 8.97. The summed E-state index contributed by atoms with van der Waals surface area (Å²) in [5.74, 6) is -0.571. The van der Waals surface area contributed by atoms with Crippen LogP contribution in [0.2, 0.25) is 5.02 Å². The standard InChI is InChI=1S/C21H21ClN4O5S/c1-14-5-4-10-25(12-14)32(29,30)19-11-15(8-9-17(19)22)21(28)31-13-26-20(27)16-6-2-3-7-18(16)23-24-26/h2-3,6-9,11,14H,4-5,10,12-13H2,1H3. The Morgan fingerprint density at radius 3 is 2.81 bits per heavy atom. The number of sulfonamides is 1. The Labute approximate surface area is 189 Å². The van der Waals surface area contributed by atoms with Gasteiger partial charge in [0.2, 0.25) is 10.0 Å². The third-order valence-electron chi connectivity index (χ3n) is 5.35. The van der Waals surface area contributed by atoms with Crippen LogP contribution < -0.4 is 5.56 Å². The second-order valence-corrected chi connectivity index (χ2v) is 10.0. The molecular weight excluding hydrogens is 456 g/mol. The molecule has 1 unspecified atom stereocenters. The quantitative estimate of drug-likeness (QED) is 0.520. The molecule has 0 saturated carbocycles. The predicted octanol–water partition coefficient (Wildman–Crippen LogP) is 2.68. The maximum atomic E-state index is 13.1. The molecule has 1 aliphatic heterocycles. The van der Waals surface area contributed by atoms with Crippen molar-refractivity contribution in [3.63, 3.8) is 0 Å². The molecule has 0 radical (unpaired) electrons. The number of fused-ring (bicyclic) bond motifs is 1. The SMILES string of the molecule is CC1CCCN(S(=O)(=O)c2cc(C(=O)OCn3nnc4ccccc4c3=O)ccc2Cl)C1. The average Bonchev–Trinajstić information content (AvgIpc) is 2.79. The Kier molecular flexibility index (Phi) is 6.27. The lowest BCUT2D eigenvalue weighted by atomic mass is 10.0. The van der Waals surface area contributed by atoms with Crippen molar-refractivity contribution in [1.29, 1.82) is 0 Å². The Balaban J connectivity index is 1.55. The van der Waals surface area contributed by atoms with Gasteiger partial charge in [-0.3, -0.25) is 4.79 Å². The highest BCUT2D eigenvalue weighted by molar-refractivity contribution is 7.89. The fourth-order valence-electron chi connectivity index (χ4n) is 3.64. The van der Waals surface area contributed by atoms with E-state index in [4.69, 9.17) is 16.3 Å². The highest BCUT2D eigenvalue weighted by atomic mass is 35.5. The topological polar surface area (TPSA) is 111 Å². The molecule has 2 aromatic carbocycles. The lowest BCUT2D eigenvalue weighted by Gasteiger charge is -2.30. The third-order valence-corrected chi connectivity index (χ3v) is 7.70. The van der Waals surface area contributed by atoms with E-state index in [1.165, 1.54) is 22.5 Å². The molecule has 1 fully saturated rings. The van der Waals surface area contributed by atoms with Crippen LogP contribution in [0, 0.1) is 5.92 Å². The molecule has 4 rings (SSSR count). The van der Waals surface area contributed by atoms with Gasteiger partial charge >= 0.3 is 5.97 Å². The molecule has 2 heterocycles. The zero-order valence-corrected chi connectivity index (χ0v) is 18.8. The molecule has 0 aliphatic carbocycles. The van der Waals surface area contributed by atoms with E-state index in [9.17, 15) is 18.0 Å². The van der Waals surface area contributed by atoms with Gasteiger partial charge in [-0.1, -0.05) is 35.9 Å². The van der Waals surface area contributed by atoms with Crippen LogP contribution in [0.25, 0.3) is 10.9 Å². The summed E-state index contributed by atoms with van der Waals surface area (Å²) in [6, 6.07) is 10.6. The number of aromatic nitrogens is 3. The van der Waals surface area contributed by atoms with Crippen LogP contribution in [0.1, 0.15) is 30.1 Å². The van der Waals surface area contributed by atoms with E-state index in [1.54, 1.807) is 24.3 Å². The molecule has 0 spiro atoms. The van der Waals surface area contributed by atoms with E-state index in [0.29, 0.717) is 24.0 Å². The van der Waals surface area contributed by atoms with Crippen LogP contribution in [0.4, 0.5) is 0 Å². The molecule has 0 N–H and O–H groups in total. The summed E-state index contributed by atoms with van der Waals surface area (Å²) in [5, 5.41) is 8.06. The molecule has 0 amide bonds. The molecule has 168 valence electrons. The number of halogens is 1. The highest BCUT2D eigenvalue weighted by Crippen LogP contribution is 2.29. The van der Waals surface area contributed by atoms with Crippen molar-refractivity contribution in [2.75, 3.05) is 13.1 Å². The van der Waals surface area contributed by atoms with Gasteiger partial charge in [-0.05, 0) is 49.1 Å². The lowest BCUT2D eigenvalue weighted by molar-refractivity contribution is 0.0336. The number of hydrogen-bond donors (Lipinski definition) is 0. The fourth-order valence-corrected chi connectivity index (χ4v) is 5.74. The Bertz CT molecular complexity index is 1340. The van der Waals surface area contributed by atoms with Gasteiger partial charge in [0.25, 0.3) is 5.56 Å². The van der Waals surface area contributed by atoms with Gasteiger partial charge in [0, 0.05) is 13.1 Å². The summed E-state index contributed by atoms with van der Waals surface area (Å²) in [4.78, 5) is 24.9. The van der Waals surface area contributed by atoms with E-state index in [0.717, 1.165) is 17.5 Å². The maximum absolute atomic E-state index is 13.1. The van der Waals surface area contributed by atoms with E-state index >= 15 is 0 Å². The monoisotopic (exact) mass is 476 g/mol. The summed E-state index contributed by atoms with van der Waals surface area (Å²) in [7, 11) is -3.86. The van der Waals surface area contributed by atoms with Gasteiger partial charge in [0.05, 0.1) is 16.0 Å². The number of hydrogen-bond acceptors (Lipinski definition) is 7. The Hall–Kier alpha value is -2.82. The first-order valence-corrected chi connectivity index (χ1v) is 11.9. The van der Waals surface area contributed by atoms with Crippen LogP contribution in [0.3, 0.4) is 0 Å². The van der Waals surface area contributed by atoms with Crippen molar-refractivity contribution in [2.24, 2.45) is 5.92 Å². The predicted molar refractivity (Wildman–Crippen MR) is 118 cm³/mol. The summed E-state index contributed by atoms with van der Waals surface area (Å²) < 4.78 is 33.7. The molecule has 0 bridgehead atoms. The molecule has 3 aromatic rings. The zero-order valence-electron chi connectivity index (χ0n) is 17.3. The van der Waals surface area contributed by atoms with Crippen molar-refractivity contribution in [3.05, 3.63) is 63.4 Å². The molecule has 9 nitrogen and oxygen atoms in total. The summed E-state index contributed by atoms with van der Waals surface area (Å²) >= 11 is 6.17. The minimum Gasteiger partial charge on any atom is -0.439 e. The van der Waals surface area contributed by atoms with Crippen LogP contribution in [0.15, 0.2) is 52.2 Å². The number of rotatable bonds is 5. The number of carbonyl (C=O) groups excluding carboxylic acids is 1. The lowest BCUT2D eigenvalue weighted by Crippen LogP contribution is -2.39. The van der Waals surface area contributed by atoms with Crippen LogP contribution >= 0.6 is 11.6 Å². The number of piperidine rings is 1. The largest absolute Gasteiger partial charge is 0.439 e. The molecule has 11 heteroatoms. The van der Waals surface area contributed by atoms with Gasteiger partial charge in [0.1, 0.15) is 10.4 Å². The minimum absolute atomic E-state index is 0.000157. The molecular formula is C21H21ClN4O5S. The smallest absolute Gasteiger partial charge is 0.339 e. The van der Waals surface area contributed by atoms with Crippen molar-refractivity contribution in [3.8, 4) is 0 Å². The molecule has 1 aromatic heterocycles. The van der Waals surface area contributed by atoms with Crippen molar-refractivity contribution in [2.45, 2.75) is 31.4 Å². The number of ether oxygens (including phenoxy) is 1.